The van der Waals surface area contributed by atoms with Gasteiger partial charge in [-0.1, -0.05) is 38.1 Å². The lowest BCUT2D eigenvalue weighted by Gasteiger charge is -2.25. The van der Waals surface area contributed by atoms with E-state index in [1.807, 2.05) is 13.0 Å². The third-order valence-corrected chi connectivity index (χ3v) is 5.48. The first kappa shape index (κ1) is 21.5. The summed E-state index contributed by atoms with van der Waals surface area (Å²) in [4.78, 5) is 27.5. The van der Waals surface area contributed by atoms with Crippen molar-refractivity contribution in [2.45, 2.75) is 25.8 Å². The van der Waals surface area contributed by atoms with Gasteiger partial charge in [-0.15, -0.1) is 0 Å². The molecule has 0 bridgehead atoms. The van der Waals surface area contributed by atoms with Gasteiger partial charge in [0.2, 0.25) is 6.79 Å². The molecular formula is C25H25NO6. The summed E-state index contributed by atoms with van der Waals surface area (Å²) in [6.45, 7) is 6.50. The number of likely N-dealkylation sites (tertiary alicyclic amines) is 1. The fourth-order valence-corrected chi connectivity index (χ4v) is 3.91. The topological polar surface area (TPSA) is 85.3 Å². The summed E-state index contributed by atoms with van der Waals surface area (Å²) < 4.78 is 16.4. The molecule has 1 N–H and O–H groups in total. The second kappa shape index (κ2) is 9.18. The zero-order valence-corrected chi connectivity index (χ0v) is 17.9. The highest BCUT2D eigenvalue weighted by molar-refractivity contribution is 6.46. The summed E-state index contributed by atoms with van der Waals surface area (Å²) in [7, 11) is 0. The molecule has 166 valence electrons. The predicted molar refractivity (Wildman–Crippen MR) is 119 cm³/mol. The number of carbonyl (C=O) groups excluding carboxylic acids is 2. The Balaban J connectivity index is 1.81. The quantitative estimate of drug-likeness (QED) is 0.290. The highest BCUT2D eigenvalue weighted by Gasteiger charge is 2.45. The van der Waals surface area contributed by atoms with E-state index in [1.54, 1.807) is 42.5 Å². The SMILES string of the molecule is C=CCOc1cccc(C2/C(=C(/O)c3ccc4c(c3)OCO4)C(=O)C(=O)N2CCCC)c1. The standard InChI is InChI=1S/C25H25NO6/c1-3-5-11-26-22(16-7-6-8-18(13-16)30-12-4-2)21(24(28)25(26)29)23(27)17-9-10-19-20(14-17)32-15-31-19/h4,6-10,13-14,22,27H,2-3,5,11-12,15H2,1H3/b23-21-. The molecule has 0 aromatic heterocycles. The fraction of sp³-hybridized carbons (Fsp3) is 0.280. The third-order valence-electron chi connectivity index (χ3n) is 5.48. The van der Waals surface area contributed by atoms with Gasteiger partial charge in [0.05, 0.1) is 11.6 Å². The fourth-order valence-electron chi connectivity index (χ4n) is 3.91. The van der Waals surface area contributed by atoms with Gasteiger partial charge in [-0.25, -0.2) is 0 Å². The average molecular weight is 435 g/mol. The normalized spacial score (nSPS) is 18.8. The molecular weight excluding hydrogens is 410 g/mol. The van der Waals surface area contributed by atoms with Crippen LogP contribution in [0.4, 0.5) is 0 Å². The van der Waals surface area contributed by atoms with E-state index in [0.29, 0.717) is 41.5 Å². The van der Waals surface area contributed by atoms with E-state index in [0.717, 1.165) is 12.8 Å². The summed E-state index contributed by atoms with van der Waals surface area (Å²) in [5.41, 5.74) is 1.11. The van der Waals surface area contributed by atoms with Gasteiger partial charge < -0.3 is 24.2 Å². The van der Waals surface area contributed by atoms with Crippen molar-refractivity contribution in [1.82, 2.24) is 4.90 Å². The molecule has 0 aliphatic carbocycles. The van der Waals surface area contributed by atoms with Crippen LogP contribution in [0.2, 0.25) is 0 Å². The smallest absolute Gasteiger partial charge is 0.295 e. The minimum atomic E-state index is -0.723. The van der Waals surface area contributed by atoms with Crippen LogP contribution in [-0.2, 0) is 9.59 Å². The molecule has 0 radical (unpaired) electrons. The first-order valence-electron chi connectivity index (χ1n) is 10.6. The number of benzene rings is 2. The number of nitrogens with zero attached hydrogens (tertiary/aromatic N) is 1. The lowest BCUT2D eigenvalue weighted by molar-refractivity contribution is -0.139. The maximum atomic E-state index is 13.1. The highest BCUT2D eigenvalue weighted by Crippen LogP contribution is 2.42. The van der Waals surface area contributed by atoms with E-state index in [4.69, 9.17) is 14.2 Å². The Kier molecular flexibility index (Phi) is 6.16. The first-order valence-corrected chi connectivity index (χ1v) is 10.6. The van der Waals surface area contributed by atoms with Crippen LogP contribution in [0.25, 0.3) is 5.76 Å². The number of ether oxygens (including phenoxy) is 3. The molecule has 32 heavy (non-hydrogen) atoms. The molecule has 1 unspecified atom stereocenters. The van der Waals surface area contributed by atoms with Crippen LogP contribution >= 0.6 is 0 Å². The van der Waals surface area contributed by atoms with E-state index in [-0.39, 0.29) is 18.1 Å². The summed E-state index contributed by atoms with van der Waals surface area (Å²) in [5.74, 6) is 0.0515. The Morgan fingerprint density at radius 3 is 2.81 bits per heavy atom. The van der Waals surface area contributed by atoms with Gasteiger partial charge >= 0.3 is 0 Å². The van der Waals surface area contributed by atoms with E-state index >= 15 is 0 Å². The van der Waals surface area contributed by atoms with Crippen LogP contribution in [0.3, 0.4) is 0 Å². The minimum absolute atomic E-state index is 0.0471. The number of aliphatic hydroxyl groups excluding tert-OH is 1. The molecule has 7 heteroatoms. The highest BCUT2D eigenvalue weighted by atomic mass is 16.7. The van der Waals surface area contributed by atoms with Gasteiger partial charge in [-0.2, -0.15) is 0 Å². The monoisotopic (exact) mass is 435 g/mol. The predicted octanol–water partition coefficient (Wildman–Crippen LogP) is 4.20. The van der Waals surface area contributed by atoms with Crippen molar-refractivity contribution in [2.24, 2.45) is 0 Å². The average Bonchev–Trinajstić information content (AvgIpc) is 3.38. The molecule has 0 saturated carbocycles. The Morgan fingerprint density at radius 2 is 2.03 bits per heavy atom. The number of carbonyl (C=O) groups is 2. The third kappa shape index (κ3) is 3.93. The van der Waals surface area contributed by atoms with Crippen LogP contribution < -0.4 is 14.2 Å². The van der Waals surface area contributed by atoms with Gasteiger partial charge in [0.1, 0.15) is 18.1 Å². The Morgan fingerprint density at radius 1 is 1.22 bits per heavy atom. The van der Waals surface area contributed by atoms with Crippen LogP contribution in [-0.4, -0.2) is 41.6 Å². The Bertz CT molecular complexity index is 1090. The summed E-state index contributed by atoms with van der Waals surface area (Å²) in [6.07, 6.45) is 3.24. The maximum absolute atomic E-state index is 13.1. The number of hydrogen-bond donors (Lipinski definition) is 1. The lowest BCUT2D eigenvalue weighted by Crippen LogP contribution is -2.30. The van der Waals surface area contributed by atoms with Gasteiger partial charge in [-0.3, -0.25) is 9.59 Å². The van der Waals surface area contributed by atoms with Gasteiger partial charge in [-0.05, 0) is 42.3 Å². The number of amides is 1. The van der Waals surface area contributed by atoms with Crippen molar-refractivity contribution in [3.8, 4) is 17.2 Å². The number of unbranched alkanes of at least 4 members (excludes halogenated alkanes) is 1. The molecule has 2 heterocycles. The van der Waals surface area contributed by atoms with E-state index < -0.39 is 17.7 Å². The molecule has 1 fully saturated rings. The number of ketones is 1. The number of Topliss-reactive ketones (excluding diaryl/α,β-unsaturated/α-hetero) is 1. The van der Waals surface area contributed by atoms with E-state index in [1.165, 1.54) is 4.90 Å². The number of fused-ring (bicyclic) bond motifs is 1. The van der Waals surface area contributed by atoms with Crippen molar-refractivity contribution in [3.63, 3.8) is 0 Å². The molecule has 2 aliphatic rings. The van der Waals surface area contributed by atoms with Crippen molar-refractivity contribution in [2.75, 3.05) is 19.9 Å². The van der Waals surface area contributed by atoms with Crippen LogP contribution in [0, 0.1) is 0 Å². The summed E-state index contributed by atoms with van der Waals surface area (Å²) in [6, 6.07) is 11.4. The zero-order valence-electron chi connectivity index (χ0n) is 17.9. The van der Waals surface area contributed by atoms with Gasteiger partial charge in [0.15, 0.2) is 11.5 Å². The van der Waals surface area contributed by atoms with Crippen LogP contribution in [0.1, 0.15) is 36.9 Å². The van der Waals surface area contributed by atoms with Crippen molar-refractivity contribution < 1.29 is 28.9 Å². The number of rotatable bonds is 8. The first-order chi connectivity index (χ1) is 15.5. The van der Waals surface area contributed by atoms with Crippen LogP contribution in [0.5, 0.6) is 17.2 Å². The van der Waals surface area contributed by atoms with E-state index in [2.05, 4.69) is 6.58 Å². The molecule has 2 aromatic rings. The van der Waals surface area contributed by atoms with Crippen molar-refractivity contribution in [3.05, 3.63) is 71.8 Å². The molecule has 7 nitrogen and oxygen atoms in total. The molecule has 4 rings (SSSR count). The lowest BCUT2D eigenvalue weighted by atomic mass is 9.95. The molecule has 0 spiro atoms. The number of aliphatic hydroxyl groups is 1. The second-order valence-electron chi connectivity index (χ2n) is 7.59. The maximum Gasteiger partial charge on any atom is 0.295 e. The minimum Gasteiger partial charge on any atom is -0.507 e. The van der Waals surface area contributed by atoms with Crippen LogP contribution in [0.15, 0.2) is 60.7 Å². The van der Waals surface area contributed by atoms with Crippen molar-refractivity contribution in [1.29, 1.82) is 0 Å². The largest absolute Gasteiger partial charge is 0.507 e. The zero-order chi connectivity index (χ0) is 22.7. The van der Waals surface area contributed by atoms with Crippen molar-refractivity contribution >= 4 is 17.4 Å². The molecule has 1 amide bonds. The molecule has 1 atom stereocenters. The summed E-state index contributed by atoms with van der Waals surface area (Å²) >= 11 is 0. The second-order valence-corrected chi connectivity index (χ2v) is 7.59. The van der Waals surface area contributed by atoms with Gasteiger partial charge in [0, 0.05) is 12.1 Å². The molecule has 2 aromatic carbocycles. The Labute approximate surface area is 186 Å². The summed E-state index contributed by atoms with van der Waals surface area (Å²) in [5, 5.41) is 11.2. The van der Waals surface area contributed by atoms with E-state index in [9.17, 15) is 14.7 Å². The molecule has 2 aliphatic heterocycles. The van der Waals surface area contributed by atoms with Gasteiger partial charge in [0.25, 0.3) is 11.7 Å². The molecule has 1 saturated heterocycles. The number of hydrogen-bond acceptors (Lipinski definition) is 6. The Hall–Kier alpha value is -3.74.